The van der Waals surface area contributed by atoms with Crippen molar-refractivity contribution < 1.29 is 28.2 Å². The predicted octanol–water partition coefficient (Wildman–Crippen LogP) is 2.33. The van der Waals surface area contributed by atoms with Crippen molar-refractivity contribution in [3.63, 3.8) is 0 Å². The summed E-state index contributed by atoms with van der Waals surface area (Å²) in [4.78, 5) is 24.7. The third-order valence-electron chi connectivity index (χ3n) is 4.08. The highest BCUT2D eigenvalue weighted by molar-refractivity contribution is 5.78. The minimum absolute atomic E-state index is 0.0484. The van der Waals surface area contributed by atoms with Crippen LogP contribution in [0.1, 0.15) is 12.2 Å². The fraction of sp³-hybridized carbons (Fsp3) is 0.333. The number of carboxylic acids is 1. The zero-order valence-corrected chi connectivity index (χ0v) is 13.5. The number of aryl methyl sites for hydroxylation is 1. The average Bonchev–Trinajstić information content (AvgIpc) is 3.09. The van der Waals surface area contributed by atoms with Crippen molar-refractivity contribution in [2.75, 3.05) is 19.7 Å². The van der Waals surface area contributed by atoms with Gasteiger partial charge in [-0.3, -0.25) is 4.79 Å². The van der Waals surface area contributed by atoms with Crippen LogP contribution in [0.2, 0.25) is 0 Å². The molecule has 1 saturated heterocycles. The number of halogens is 1. The third-order valence-corrected chi connectivity index (χ3v) is 4.08. The Morgan fingerprint density at radius 3 is 2.80 bits per heavy atom. The van der Waals surface area contributed by atoms with Crippen LogP contribution in [0.25, 0.3) is 11.3 Å². The van der Waals surface area contributed by atoms with E-state index in [1.54, 1.807) is 30.3 Å². The van der Waals surface area contributed by atoms with Crippen molar-refractivity contribution in [3.8, 4) is 11.3 Å². The Morgan fingerprint density at radius 1 is 1.24 bits per heavy atom. The zero-order chi connectivity index (χ0) is 17.8. The SMILES string of the molecule is O=C(O)[C@H]1CN(C(=O)CCc2ccc(-c3ccccc3F)o2)CCO1. The molecule has 1 fully saturated rings. The van der Waals surface area contributed by atoms with Crippen LogP contribution in [0.15, 0.2) is 40.8 Å². The lowest BCUT2D eigenvalue weighted by Crippen LogP contribution is -2.48. The van der Waals surface area contributed by atoms with Gasteiger partial charge in [-0.2, -0.15) is 0 Å². The second kappa shape index (κ2) is 7.48. The van der Waals surface area contributed by atoms with Crippen LogP contribution >= 0.6 is 0 Å². The lowest BCUT2D eigenvalue weighted by atomic mass is 10.1. The Balaban J connectivity index is 1.58. The second-order valence-electron chi connectivity index (χ2n) is 5.78. The number of morpholine rings is 1. The zero-order valence-electron chi connectivity index (χ0n) is 13.5. The van der Waals surface area contributed by atoms with Gasteiger partial charge in [0.15, 0.2) is 6.10 Å². The van der Waals surface area contributed by atoms with E-state index in [0.717, 1.165) is 0 Å². The first kappa shape index (κ1) is 17.2. The molecule has 0 bridgehead atoms. The van der Waals surface area contributed by atoms with Gasteiger partial charge in [0.1, 0.15) is 17.3 Å². The molecular formula is C18H18FNO5. The van der Waals surface area contributed by atoms with Crippen molar-refractivity contribution in [2.24, 2.45) is 0 Å². The number of nitrogens with zero attached hydrogens (tertiary/aromatic N) is 1. The van der Waals surface area contributed by atoms with Crippen LogP contribution in [0.3, 0.4) is 0 Å². The Bertz CT molecular complexity index is 772. The number of hydrogen-bond donors (Lipinski definition) is 1. The van der Waals surface area contributed by atoms with Crippen LogP contribution in [-0.4, -0.2) is 47.7 Å². The first-order chi connectivity index (χ1) is 12.0. The van der Waals surface area contributed by atoms with Crippen molar-refractivity contribution in [3.05, 3.63) is 48.0 Å². The van der Waals surface area contributed by atoms with E-state index >= 15 is 0 Å². The first-order valence-corrected chi connectivity index (χ1v) is 8.00. The fourth-order valence-corrected chi connectivity index (χ4v) is 2.73. The molecule has 1 N–H and O–H groups in total. The van der Waals surface area contributed by atoms with E-state index < -0.39 is 12.1 Å². The van der Waals surface area contributed by atoms with Crippen LogP contribution in [-0.2, 0) is 20.7 Å². The molecule has 1 amide bonds. The highest BCUT2D eigenvalue weighted by Crippen LogP contribution is 2.25. The Labute approximate surface area is 143 Å². The number of aliphatic carboxylic acids is 1. The number of rotatable bonds is 5. The number of hydrogen-bond acceptors (Lipinski definition) is 4. The summed E-state index contributed by atoms with van der Waals surface area (Å²) in [6.07, 6.45) is -0.423. The van der Waals surface area contributed by atoms with Gasteiger partial charge in [-0.1, -0.05) is 12.1 Å². The summed E-state index contributed by atoms with van der Waals surface area (Å²) in [7, 11) is 0. The summed E-state index contributed by atoms with van der Waals surface area (Å²) < 4.78 is 24.5. The predicted molar refractivity (Wildman–Crippen MR) is 86.4 cm³/mol. The maximum absolute atomic E-state index is 13.8. The van der Waals surface area contributed by atoms with E-state index in [1.807, 2.05) is 0 Å². The molecule has 0 unspecified atom stereocenters. The van der Waals surface area contributed by atoms with Gasteiger partial charge in [-0.25, -0.2) is 9.18 Å². The number of carboxylic acid groups (broad SMARTS) is 1. The quantitative estimate of drug-likeness (QED) is 0.898. The van der Waals surface area contributed by atoms with Gasteiger partial charge in [-0.15, -0.1) is 0 Å². The second-order valence-corrected chi connectivity index (χ2v) is 5.78. The molecule has 1 aromatic carbocycles. The summed E-state index contributed by atoms with van der Waals surface area (Å²) >= 11 is 0. The number of ether oxygens (including phenoxy) is 1. The van der Waals surface area contributed by atoms with E-state index in [0.29, 0.717) is 30.0 Å². The summed E-state index contributed by atoms with van der Waals surface area (Å²) in [5.41, 5.74) is 0.373. The van der Waals surface area contributed by atoms with Crippen LogP contribution in [0.5, 0.6) is 0 Å². The first-order valence-electron chi connectivity index (χ1n) is 8.00. The molecule has 1 atom stereocenters. The van der Waals surface area contributed by atoms with Gasteiger partial charge in [0.25, 0.3) is 0 Å². The van der Waals surface area contributed by atoms with Gasteiger partial charge in [0, 0.05) is 19.4 Å². The maximum Gasteiger partial charge on any atom is 0.334 e. The molecule has 25 heavy (non-hydrogen) atoms. The molecule has 1 aliphatic heterocycles. The topological polar surface area (TPSA) is 80.0 Å². The number of furan rings is 1. The normalized spacial score (nSPS) is 17.5. The number of amides is 1. The van der Waals surface area contributed by atoms with E-state index in [1.165, 1.54) is 11.0 Å². The molecular weight excluding hydrogens is 329 g/mol. The van der Waals surface area contributed by atoms with Gasteiger partial charge < -0.3 is 19.2 Å². The van der Waals surface area contributed by atoms with Gasteiger partial charge in [-0.05, 0) is 24.3 Å². The maximum atomic E-state index is 13.8. The lowest BCUT2D eigenvalue weighted by molar-refractivity contribution is -0.159. The Kier molecular flexibility index (Phi) is 5.14. The van der Waals surface area contributed by atoms with E-state index in [4.69, 9.17) is 14.3 Å². The summed E-state index contributed by atoms with van der Waals surface area (Å²) in [6, 6.07) is 9.71. The minimum atomic E-state index is -1.07. The Hall–Kier alpha value is -2.67. The van der Waals surface area contributed by atoms with E-state index in [9.17, 15) is 14.0 Å². The van der Waals surface area contributed by atoms with Crippen molar-refractivity contribution in [1.82, 2.24) is 4.90 Å². The van der Waals surface area contributed by atoms with Gasteiger partial charge in [0.2, 0.25) is 5.91 Å². The molecule has 3 rings (SSSR count). The van der Waals surface area contributed by atoms with E-state index in [2.05, 4.69) is 0 Å². The summed E-state index contributed by atoms with van der Waals surface area (Å²) in [6.45, 7) is 0.634. The molecule has 1 aliphatic rings. The molecule has 0 radical (unpaired) electrons. The van der Waals surface area contributed by atoms with Gasteiger partial charge in [0.05, 0.1) is 18.7 Å². The lowest BCUT2D eigenvalue weighted by Gasteiger charge is -2.30. The summed E-state index contributed by atoms with van der Waals surface area (Å²) in [5, 5.41) is 8.97. The van der Waals surface area contributed by atoms with Crippen molar-refractivity contribution >= 4 is 11.9 Å². The molecule has 6 nitrogen and oxygen atoms in total. The molecule has 132 valence electrons. The number of benzene rings is 1. The van der Waals surface area contributed by atoms with Crippen LogP contribution < -0.4 is 0 Å². The van der Waals surface area contributed by atoms with Gasteiger partial charge >= 0.3 is 5.97 Å². The largest absolute Gasteiger partial charge is 0.479 e. The van der Waals surface area contributed by atoms with E-state index in [-0.39, 0.29) is 31.3 Å². The smallest absolute Gasteiger partial charge is 0.334 e. The Morgan fingerprint density at radius 2 is 2.04 bits per heavy atom. The fourth-order valence-electron chi connectivity index (χ4n) is 2.73. The standard InChI is InChI=1S/C18H18FNO5/c19-14-4-2-1-3-13(14)15-7-5-12(25-15)6-8-17(21)20-9-10-24-16(11-20)18(22)23/h1-5,7,16H,6,8-11H2,(H,22,23)/t16-/m1/s1. The average molecular weight is 347 g/mol. The molecule has 1 aromatic heterocycles. The molecule has 0 aliphatic carbocycles. The molecule has 0 saturated carbocycles. The summed E-state index contributed by atoms with van der Waals surface area (Å²) in [5.74, 6) is -0.600. The number of carbonyl (C=O) groups is 2. The molecule has 2 heterocycles. The molecule has 7 heteroatoms. The van der Waals surface area contributed by atoms with Crippen molar-refractivity contribution in [2.45, 2.75) is 18.9 Å². The number of carbonyl (C=O) groups excluding carboxylic acids is 1. The monoisotopic (exact) mass is 347 g/mol. The van der Waals surface area contributed by atoms with Crippen LogP contribution in [0.4, 0.5) is 4.39 Å². The third kappa shape index (κ3) is 4.06. The highest BCUT2D eigenvalue weighted by Gasteiger charge is 2.28. The van der Waals surface area contributed by atoms with Crippen molar-refractivity contribution in [1.29, 1.82) is 0 Å². The minimum Gasteiger partial charge on any atom is -0.479 e. The van der Waals surface area contributed by atoms with Crippen LogP contribution in [0, 0.1) is 5.82 Å². The molecule has 2 aromatic rings. The molecule has 0 spiro atoms. The highest BCUT2D eigenvalue weighted by atomic mass is 19.1.